The summed E-state index contributed by atoms with van der Waals surface area (Å²) in [6.45, 7) is 0. The third kappa shape index (κ3) is 1.44. The average Bonchev–Trinajstić information content (AvgIpc) is 2.47. The number of nitrogen functional groups attached to an aromatic ring is 1. The summed E-state index contributed by atoms with van der Waals surface area (Å²) in [5, 5.41) is 9.63. The van der Waals surface area contributed by atoms with Gasteiger partial charge in [-0.1, -0.05) is 0 Å². The largest absolute Gasteiger partial charge is 0.477 e. The molecule has 0 spiro atoms. The minimum Gasteiger partial charge on any atom is -0.477 e. The highest BCUT2D eigenvalue weighted by Gasteiger charge is 2.10. The van der Waals surface area contributed by atoms with Gasteiger partial charge in [0.25, 0.3) is 0 Å². The standard InChI is InChI=1S/C9H7NO2S2/c10-5-1-4-2-7(9(11)12)14-8(4)6(13)3-5/h1-3,13H,10H2,(H,11,12). The molecule has 0 atom stereocenters. The van der Waals surface area contributed by atoms with Crippen LogP contribution in [-0.4, -0.2) is 11.1 Å². The number of carboxylic acid groups (broad SMARTS) is 1. The predicted octanol–water partition coefficient (Wildman–Crippen LogP) is 2.47. The topological polar surface area (TPSA) is 63.3 Å². The number of anilines is 1. The number of hydrogen-bond donors (Lipinski definition) is 3. The summed E-state index contributed by atoms with van der Waals surface area (Å²) in [7, 11) is 0. The molecule has 0 aliphatic rings. The SMILES string of the molecule is Nc1cc(S)c2sc(C(=O)O)cc2c1. The molecule has 0 saturated carbocycles. The maximum absolute atomic E-state index is 10.7. The van der Waals surface area contributed by atoms with Crippen molar-refractivity contribution in [2.24, 2.45) is 0 Å². The van der Waals surface area contributed by atoms with Crippen molar-refractivity contribution in [1.82, 2.24) is 0 Å². The fourth-order valence-corrected chi connectivity index (χ4v) is 2.57. The summed E-state index contributed by atoms with van der Waals surface area (Å²) in [4.78, 5) is 11.7. The number of nitrogens with two attached hydrogens (primary N) is 1. The molecule has 0 saturated heterocycles. The first-order valence-electron chi connectivity index (χ1n) is 3.83. The van der Waals surface area contributed by atoms with Gasteiger partial charge in [0.2, 0.25) is 0 Å². The zero-order valence-corrected chi connectivity index (χ0v) is 8.73. The Balaban J connectivity index is 2.76. The Kier molecular flexibility index (Phi) is 2.13. The summed E-state index contributed by atoms with van der Waals surface area (Å²) in [6, 6.07) is 5.07. The van der Waals surface area contributed by atoms with E-state index in [0.717, 1.165) is 15.0 Å². The zero-order valence-electron chi connectivity index (χ0n) is 7.02. The quantitative estimate of drug-likeness (QED) is 0.516. The van der Waals surface area contributed by atoms with Crippen LogP contribution in [-0.2, 0) is 0 Å². The molecule has 1 aromatic carbocycles. The van der Waals surface area contributed by atoms with Crippen LogP contribution in [0.1, 0.15) is 9.67 Å². The van der Waals surface area contributed by atoms with Gasteiger partial charge < -0.3 is 10.8 Å². The van der Waals surface area contributed by atoms with Crippen molar-refractivity contribution in [3.05, 3.63) is 23.1 Å². The molecule has 0 radical (unpaired) electrons. The Hall–Kier alpha value is -1.20. The van der Waals surface area contributed by atoms with Crippen LogP contribution >= 0.6 is 24.0 Å². The van der Waals surface area contributed by atoms with Gasteiger partial charge in [-0.2, -0.15) is 0 Å². The fourth-order valence-electron chi connectivity index (χ4n) is 1.26. The van der Waals surface area contributed by atoms with E-state index in [0.29, 0.717) is 10.6 Å². The Morgan fingerprint density at radius 3 is 2.79 bits per heavy atom. The second-order valence-electron chi connectivity index (χ2n) is 2.87. The van der Waals surface area contributed by atoms with E-state index in [9.17, 15) is 4.79 Å². The van der Waals surface area contributed by atoms with Gasteiger partial charge in [-0.3, -0.25) is 0 Å². The van der Waals surface area contributed by atoms with Crippen molar-refractivity contribution in [2.45, 2.75) is 4.90 Å². The highest BCUT2D eigenvalue weighted by Crippen LogP contribution is 2.32. The maximum atomic E-state index is 10.7. The van der Waals surface area contributed by atoms with Gasteiger partial charge in [-0.15, -0.1) is 24.0 Å². The predicted molar refractivity (Wildman–Crippen MR) is 60.4 cm³/mol. The Labute approximate surface area is 89.6 Å². The lowest BCUT2D eigenvalue weighted by Gasteiger charge is -1.96. The lowest BCUT2D eigenvalue weighted by atomic mass is 10.2. The molecule has 5 heteroatoms. The zero-order chi connectivity index (χ0) is 10.3. The number of carbonyl (C=O) groups is 1. The molecule has 0 unspecified atom stereocenters. The van der Waals surface area contributed by atoms with E-state index in [4.69, 9.17) is 10.8 Å². The first-order chi connectivity index (χ1) is 6.58. The van der Waals surface area contributed by atoms with Crippen molar-refractivity contribution >= 4 is 45.7 Å². The number of benzene rings is 1. The molecule has 0 bridgehead atoms. The molecule has 1 heterocycles. The third-order valence-corrected chi connectivity index (χ3v) is 3.51. The first-order valence-corrected chi connectivity index (χ1v) is 5.09. The molecular formula is C9H7NO2S2. The molecule has 3 nitrogen and oxygen atoms in total. The highest BCUT2D eigenvalue weighted by atomic mass is 32.1. The summed E-state index contributed by atoms with van der Waals surface area (Å²) in [5.41, 5.74) is 6.21. The molecule has 3 N–H and O–H groups in total. The van der Waals surface area contributed by atoms with Crippen molar-refractivity contribution in [3.63, 3.8) is 0 Å². The number of hydrogen-bond acceptors (Lipinski definition) is 4. The van der Waals surface area contributed by atoms with Crippen molar-refractivity contribution < 1.29 is 9.90 Å². The molecule has 72 valence electrons. The van der Waals surface area contributed by atoms with Crippen molar-refractivity contribution in [3.8, 4) is 0 Å². The molecule has 0 amide bonds. The Morgan fingerprint density at radius 1 is 1.43 bits per heavy atom. The molecule has 2 aromatic rings. The van der Waals surface area contributed by atoms with Crippen LogP contribution in [0.25, 0.3) is 10.1 Å². The van der Waals surface area contributed by atoms with E-state index in [1.165, 1.54) is 11.3 Å². The molecular weight excluding hydrogens is 218 g/mol. The molecule has 1 aromatic heterocycles. The molecule has 0 aliphatic heterocycles. The van der Waals surface area contributed by atoms with Crippen LogP contribution in [0.15, 0.2) is 23.1 Å². The van der Waals surface area contributed by atoms with Gasteiger partial charge in [0.15, 0.2) is 0 Å². The normalized spacial score (nSPS) is 10.6. The van der Waals surface area contributed by atoms with Crippen LogP contribution < -0.4 is 5.73 Å². The lowest BCUT2D eigenvalue weighted by molar-refractivity contribution is 0.0702. The molecule has 2 rings (SSSR count). The number of carboxylic acids is 1. The van der Waals surface area contributed by atoms with E-state index in [1.807, 2.05) is 0 Å². The number of aromatic carboxylic acids is 1. The van der Waals surface area contributed by atoms with Gasteiger partial charge in [-0.25, -0.2) is 4.79 Å². The van der Waals surface area contributed by atoms with E-state index < -0.39 is 5.97 Å². The second kappa shape index (κ2) is 3.18. The van der Waals surface area contributed by atoms with Gasteiger partial charge in [0.05, 0.1) is 0 Å². The number of rotatable bonds is 1. The Bertz CT molecular complexity index is 519. The van der Waals surface area contributed by atoms with Crippen molar-refractivity contribution in [1.29, 1.82) is 0 Å². The van der Waals surface area contributed by atoms with Crippen LogP contribution in [0.2, 0.25) is 0 Å². The van der Waals surface area contributed by atoms with E-state index in [-0.39, 0.29) is 0 Å². The van der Waals surface area contributed by atoms with Crippen LogP contribution in [0.4, 0.5) is 5.69 Å². The van der Waals surface area contributed by atoms with Gasteiger partial charge >= 0.3 is 5.97 Å². The minimum atomic E-state index is -0.919. The summed E-state index contributed by atoms with van der Waals surface area (Å²) >= 11 is 5.45. The monoisotopic (exact) mass is 225 g/mol. The summed E-state index contributed by atoms with van der Waals surface area (Å²) in [5.74, 6) is -0.919. The maximum Gasteiger partial charge on any atom is 0.345 e. The van der Waals surface area contributed by atoms with E-state index in [2.05, 4.69) is 12.6 Å². The van der Waals surface area contributed by atoms with Gasteiger partial charge in [0, 0.05) is 15.3 Å². The van der Waals surface area contributed by atoms with Crippen LogP contribution in [0.3, 0.4) is 0 Å². The van der Waals surface area contributed by atoms with E-state index in [1.54, 1.807) is 18.2 Å². The first kappa shape index (κ1) is 9.36. The van der Waals surface area contributed by atoms with Crippen LogP contribution in [0.5, 0.6) is 0 Å². The fraction of sp³-hybridized carbons (Fsp3) is 0. The molecule has 14 heavy (non-hydrogen) atoms. The highest BCUT2D eigenvalue weighted by molar-refractivity contribution is 7.80. The lowest BCUT2D eigenvalue weighted by Crippen LogP contribution is -1.89. The summed E-state index contributed by atoms with van der Waals surface area (Å²) < 4.78 is 0.861. The van der Waals surface area contributed by atoms with Gasteiger partial charge in [0.1, 0.15) is 4.88 Å². The molecule has 0 aliphatic carbocycles. The minimum absolute atomic E-state index is 0.306. The third-order valence-electron chi connectivity index (χ3n) is 1.83. The molecule has 0 fully saturated rings. The van der Waals surface area contributed by atoms with Crippen molar-refractivity contribution in [2.75, 3.05) is 5.73 Å². The number of fused-ring (bicyclic) bond motifs is 1. The second-order valence-corrected chi connectivity index (χ2v) is 4.41. The van der Waals surface area contributed by atoms with Crippen LogP contribution in [0, 0.1) is 0 Å². The Morgan fingerprint density at radius 2 is 2.14 bits per heavy atom. The number of thiol groups is 1. The average molecular weight is 225 g/mol. The van der Waals surface area contributed by atoms with E-state index >= 15 is 0 Å². The van der Waals surface area contributed by atoms with Gasteiger partial charge in [-0.05, 0) is 23.6 Å². The number of thiophene rings is 1. The summed E-state index contributed by atoms with van der Waals surface area (Å²) in [6.07, 6.45) is 0. The smallest absolute Gasteiger partial charge is 0.345 e.